The van der Waals surface area contributed by atoms with E-state index in [0.29, 0.717) is 43.8 Å². The highest BCUT2D eigenvalue weighted by Crippen LogP contribution is 2.24. The molecule has 1 fully saturated rings. The molecular weight excluding hydrogens is 376 g/mol. The van der Waals surface area contributed by atoms with Crippen molar-refractivity contribution in [2.75, 3.05) is 31.1 Å². The molecule has 6 nitrogen and oxygen atoms in total. The average molecular weight is 403 g/mol. The summed E-state index contributed by atoms with van der Waals surface area (Å²) in [6, 6.07) is 7.61. The fourth-order valence-electron chi connectivity index (χ4n) is 3.29. The van der Waals surface area contributed by atoms with Gasteiger partial charge in [-0.2, -0.15) is 0 Å². The minimum atomic E-state index is -0.565. The van der Waals surface area contributed by atoms with Crippen LogP contribution < -0.4 is 20.3 Å². The highest BCUT2D eigenvalue weighted by Gasteiger charge is 2.25. The van der Waals surface area contributed by atoms with Crippen LogP contribution in [-0.4, -0.2) is 43.2 Å². The molecule has 0 bridgehead atoms. The van der Waals surface area contributed by atoms with Gasteiger partial charge in [0.15, 0.2) is 5.96 Å². The Morgan fingerprint density at radius 2 is 2.14 bits per heavy atom. The number of guanidine groups is 1. The lowest BCUT2D eigenvalue weighted by atomic mass is 10.2. The van der Waals surface area contributed by atoms with Gasteiger partial charge in [0.1, 0.15) is 11.6 Å². The first-order chi connectivity index (χ1) is 14.1. The van der Waals surface area contributed by atoms with Gasteiger partial charge in [-0.25, -0.2) is 18.8 Å². The molecule has 1 saturated heterocycles. The zero-order chi connectivity index (χ0) is 20.6. The maximum Gasteiger partial charge on any atom is 0.213 e. The Bertz CT molecular complexity index is 846. The summed E-state index contributed by atoms with van der Waals surface area (Å²) in [6.07, 6.45) is 2.55. The van der Waals surface area contributed by atoms with Gasteiger partial charge < -0.3 is 20.3 Å². The smallest absolute Gasteiger partial charge is 0.213 e. The van der Waals surface area contributed by atoms with Crippen molar-refractivity contribution in [3.05, 3.63) is 53.7 Å². The maximum atomic E-state index is 14.1. The first-order valence-electron chi connectivity index (χ1n) is 9.91. The van der Waals surface area contributed by atoms with Crippen molar-refractivity contribution < 1.29 is 13.5 Å². The molecule has 1 atom stereocenters. The summed E-state index contributed by atoms with van der Waals surface area (Å²) in [4.78, 5) is 10.7. The molecule has 1 unspecified atom stereocenters. The predicted molar refractivity (Wildman–Crippen MR) is 110 cm³/mol. The number of anilines is 1. The maximum absolute atomic E-state index is 14.1. The van der Waals surface area contributed by atoms with Gasteiger partial charge in [-0.05, 0) is 44.0 Å². The molecule has 3 rings (SSSR count). The second-order valence-electron chi connectivity index (χ2n) is 6.80. The van der Waals surface area contributed by atoms with Gasteiger partial charge in [0.05, 0.1) is 18.8 Å². The molecule has 2 N–H and O–H groups in total. The Kier molecular flexibility index (Phi) is 7.21. The monoisotopic (exact) mass is 403 g/mol. The molecule has 29 heavy (non-hydrogen) atoms. The summed E-state index contributed by atoms with van der Waals surface area (Å²) in [5.41, 5.74) is 1.43. The van der Waals surface area contributed by atoms with Crippen molar-refractivity contribution in [1.82, 2.24) is 15.6 Å². The van der Waals surface area contributed by atoms with E-state index < -0.39 is 11.6 Å². The van der Waals surface area contributed by atoms with Crippen molar-refractivity contribution in [2.24, 2.45) is 4.99 Å². The van der Waals surface area contributed by atoms with Crippen molar-refractivity contribution in [1.29, 1.82) is 0 Å². The molecular formula is C21H27F2N5O. The molecule has 0 radical (unpaired) electrons. The first kappa shape index (κ1) is 20.8. The normalized spacial score (nSPS) is 16.8. The Morgan fingerprint density at radius 1 is 1.28 bits per heavy atom. The van der Waals surface area contributed by atoms with Gasteiger partial charge in [0.25, 0.3) is 0 Å². The van der Waals surface area contributed by atoms with Crippen LogP contribution in [0.4, 0.5) is 14.5 Å². The third-order valence-electron chi connectivity index (χ3n) is 4.63. The van der Waals surface area contributed by atoms with Gasteiger partial charge in [-0.15, -0.1) is 0 Å². The van der Waals surface area contributed by atoms with Crippen LogP contribution in [-0.2, 0) is 6.54 Å². The molecule has 1 aliphatic heterocycles. The van der Waals surface area contributed by atoms with E-state index in [1.807, 2.05) is 30.9 Å². The van der Waals surface area contributed by atoms with Crippen molar-refractivity contribution in [3.8, 4) is 5.88 Å². The van der Waals surface area contributed by atoms with Crippen LogP contribution >= 0.6 is 0 Å². The van der Waals surface area contributed by atoms with E-state index in [1.54, 1.807) is 6.20 Å². The van der Waals surface area contributed by atoms with Crippen LogP contribution in [0.1, 0.15) is 25.8 Å². The molecule has 2 heterocycles. The number of aromatic nitrogens is 1. The highest BCUT2D eigenvalue weighted by molar-refractivity contribution is 5.80. The van der Waals surface area contributed by atoms with E-state index in [4.69, 9.17) is 4.74 Å². The van der Waals surface area contributed by atoms with E-state index in [-0.39, 0.29) is 6.04 Å². The fourth-order valence-corrected chi connectivity index (χ4v) is 3.29. The van der Waals surface area contributed by atoms with Crippen LogP contribution in [0.15, 0.2) is 41.5 Å². The molecule has 0 saturated carbocycles. The minimum Gasteiger partial charge on any atom is -0.478 e. The number of nitrogens with zero attached hydrogens (tertiary/aromatic N) is 3. The lowest BCUT2D eigenvalue weighted by Crippen LogP contribution is -2.44. The number of pyridine rings is 1. The molecule has 1 aliphatic rings. The van der Waals surface area contributed by atoms with E-state index in [0.717, 1.165) is 24.6 Å². The summed E-state index contributed by atoms with van der Waals surface area (Å²) in [6.45, 7) is 7.03. The van der Waals surface area contributed by atoms with Crippen molar-refractivity contribution >= 4 is 11.6 Å². The first-order valence-corrected chi connectivity index (χ1v) is 9.91. The largest absolute Gasteiger partial charge is 0.478 e. The summed E-state index contributed by atoms with van der Waals surface area (Å²) >= 11 is 0. The third-order valence-corrected chi connectivity index (χ3v) is 4.63. The molecule has 0 spiro atoms. The standard InChI is InChI=1S/C21H27F2N5O/c1-3-24-21(26-13-15-7-9-25-20(11-15)29-4-2)27-17-8-10-28(14-17)19-6-5-16(22)12-18(19)23/h5-7,9,11-12,17H,3-4,8,10,13-14H2,1-2H3,(H2,24,26,27). The van der Waals surface area contributed by atoms with Crippen LogP contribution in [0.5, 0.6) is 5.88 Å². The second-order valence-corrected chi connectivity index (χ2v) is 6.80. The SMILES string of the molecule is CCNC(=NCc1ccnc(OCC)c1)NC1CCN(c2ccc(F)cc2F)C1. The van der Waals surface area contributed by atoms with E-state index in [9.17, 15) is 8.78 Å². The third kappa shape index (κ3) is 5.79. The van der Waals surface area contributed by atoms with Gasteiger partial charge in [0.2, 0.25) is 5.88 Å². The van der Waals surface area contributed by atoms with Gasteiger partial charge in [-0.3, -0.25) is 0 Å². The van der Waals surface area contributed by atoms with Crippen LogP contribution in [0.25, 0.3) is 0 Å². The molecule has 1 aromatic heterocycles. The summed E-state index contributed by atoms with van der Waals surface area (Å²) in [5.74, 6) is 0.193. The van der Waals surface area contributed by atoms with E-state index >= 15 is 0 Å². The molecule has 8 heteroatoms. The minimum absolute atomic E-state index is 0.119. The molecule has 0 aliphatic carbocycles. The number of hydrogen-bond acceptors (Lipinski definition) is 4. The van der Waals surface area contributed by atoms with Crippen molar-refractivity contribution in [3.63, 3.8) is 0 Å². The molecule has 2 aromatic rings. The van der Waals surface area contributed by atoms with Crippen LogP contribution in [0.2, 0.25) is 0 Å². The second kappa shape index (κ2) is 10.0. The number of halogens is 2. The Balaban J connectivity index is 1.61. The zero-order valence-corrected chi connectivity index (χ0v) is 16.8. The summed E-state index contributed by atoms with van der Waals surface area (Å²) in [5, 5.41) is 6.65. The van der Waals surface area contributed by atoms with E-state index in [2.05, 4.69) is 20.6 Å². The van der Waals surface area contributed by atoms with E-state index in [1.165, 1.54) is 12.1 Å². The number of nitrogens with one attached hydrogen (secondary N) is 2. The average Bonchev–Trinajstić information content (AvgIpc) is 3.15. The molecule has 1 aromatic carbocycles. The number of hydrogen-bond donors (Lipinski definition) is 2. The Morgan fingerprint density at radius 3 is 2.90 bits per heavy atom. The van der Waals surface area contributed by atoms with Crippen LogP contribution in [0, 0.1) is 11.6 Å². The van der Waals surface area contributed by atoms with Gasteiger partial charge >= 0.3 is 0 Å². The summed E-state index contributed by atoms with van der Waals surface area (Å²) < 4.78 is 32.6. The lowest BCUT2D eigenvalue weighted by molar-refractivity contribution is 0.326. The lowest BCUT2D eigenvalue weighted by Gasteiger charge is -2.21. The predicted octanol–water partition coefficient (Wildman–Crippen LogP) is 3.09. The fraction of sp³-hybridized carbons (Fsp3) is 0.429. The number of ether oxygens (including phenoxy) is 1. The summed E-state index contributed by atoms with van der Waals surface area (Å²) in [7, 11) is 0. The Labute approximate surface area is 170 Å². The molecule has 156 valence electrons. The van der Waals surface area contributed by atoms with Crippen molar-refractivity contribution in [2.45, 2.75) is 32.9 Å². The quantitative estimate of drug-likeness (QED) is 0.550. The number of rotatable bonds is 7. The molecule has 0 amide bonds. The number of aliphatic imine (C=N–C) groups is 1. The van der Waals surface area contributed by atoms with Crippen LogP contribution in [0.3, 0.4) is 0 Å². The number of benzene rings is 1. The topological polar surface area (TPSA) is 61.8 Å². The Hall–Kier alpha value is -2.90. The highest BCUT2D eigenvalue weighted by atomic mass is 19.1. The zero-order valence-electron chi connectivity index (χ0n) is 16.8. The van der Waals surface area contributed by atoms with Gasteiger partial charge in [0, 0.05) is 44.0 Å². The van der Waals surface area contributed by atoms with Gasteiger partial charge in [-0.1, -0.05) is 0 Å².